The van der Waals surface area contributed by atoms with Crippen molar-refractivity contribution < 1.29 is 9.53 Å². The second-order valence-electron chi connectivity index (χ2n) is 4.83. The summed E-state index contributed by atoms with van der Waals surface area (Å²) in [6, 6.07) is 0. The van der Waals surface area contributed by atoms with Crippen LogP contribution in [0.15, 0.2) is 12.5 Å². The van der Waals surface area contributed by atoms with Gasteiger partial charge in [0, 0.05) is 24.9 Å². The van der Waals surface area contributed by atoms with Gasteiger partial charge < -0.3 is 15.0 Å². The Morgan fingerprint density at radius 1 is 1.53 bits per heavy atom. The van der Waals surface area contributed by atoms with E-state index in [9.17, 15) is 4.79 Å². The fraction of sp³-hybridized carbons (Fsp3) is 0.714. The largest absolute Gasteiger partial charge is 0.469 e. The van der Waals surface area contributed by atoms with Crippen LogP contribution in [0.3, 0.4) is 0 Å². The lowest BCUT2D eigenvalue weighted by molar-refractivity contribution is -0.141. The Bertz CT molecular complexity index is 338. The van der Waals surface area contributed by atoms with Crippen LogP contribution in [0, 0.1) is 5.92 Å². The molecule has 2 N–H and O–H groups in total. The lowest BCUT2D eigenvalue weighted by Gasteiger charge is -2.14. The number of aromatic amines is 1. The van der Waals surface area contributed by atoms with Crippen LogP contribution < -0.4 is 5.32 Å². The number of aromatic nitrogens is 2. The van der Waals surface area contributed by atoms with E-state index in [1.807, 2.05) is 6.20 Å². The zero-order valence-electron chi connectivity index (χ0n) is 11.9. The van der Waals surface area contributed by atoms with Crippen LogP contribution in [-0.2, 0) is 16.1 Å². The lowest BCUT2D eigenvalue weighted by atomic mass is 9.94. The van der Waals surface area contributed by atoms with E-state index in [-0.39, 0.29) is 5.97 Å². The molecule has 1 aromatic rings. The van der Waals surface area contributed by atoms with Crippen molar-refractivity contribution in [3.05, 3.63) is 18.2 Å². The van der Waals surface area contributed by atoms with Crippen molar-refractivity contribution in [1.29, 1.82) is 0 Å². The van der Waals surface area contributed by atoms with Crippen molar-refractivity contribution >= 4 is 5.97 Å². The molecule has 1 aromatic heterocycles. The Kier molecular flexibility index (Phi) is 7.89. The summed E-state index contributed by atoms with van der Waals surface area (Å²) in [5, 5.41) is 3.37. The third-order valence-electron chi connectivity index (χ3n) is 3.22. The van der Waals surface area contributed by atoms with Gasteiger partial charge >= 0.3 is 5.97 Å². The van der Waals surface area contributed by atoms with E-state index in [1.54, 1.807) is 6.33 Å². The summed E-state index contributed by atoms with van der Waals surface area (Å²) in [6.07, 6.45) is 8.41. The number of methoxy groups -OCH3 is 1. The number of hydrogen-bond acceptors (Lipinski definition) is 4. The average Bonchev–Trinajstić information content (AvgIpc) is 2.91. The topological polar surface area (TPSA) is 67.0 Å². The molecule has 0 aromatic carbocycles. The van der Waals surface area contributed by atoms with Gasteiger partial charge in [0.15, 0.2) is 0 Å². The molecular weight excluding hydrogens is 242 g/mol. The summed E-state index contributed by atoms with van der Waals surface area (Å²) >= 11 is 0. The number of imidazole rings is 1. The van der Waals surface area contributed by atoms with Crippen molar-refractivity contribution in [2.75, 3.05) is 13.7 Å². The molecular formula is C14H25N3O2. The highest BCUT2D eigenvalue weighted by atomic mass is 16.5. The molecule has 0 aliphatic rings. The molecule has 0 saturated carbocycles. The summed E-state index contributed by atoms with van der Waals surface area (Å²) < 4.78 is 4.74. The molecule has 0 spiro atoms. The molecule has 5 nitrogen and oxygen atoms in total. The van der Waals surface area contributed by atoms with Gasteiger partial charge in [-0.3, -0.25) is 4.79 Å². The van der Waals surface area contributed by atoms with Gasteiger partial charge in [-0.15, -0.1) is 0 Å². The number of H-pyrrole nitrogens is 1. The Morgan fingerprint density at radius 2 is 2.37 bits per heavy atom. The molecule has 0 fully saturated rings. The minimum atomic E-state index is -0.0936. The molecule has 1 rings (SSSR count). The van der Waals surface area contributed by atoms with Crippen molar-refractivity contribution in [3.8, 4) is 0 Å². The average molecular weight is 267 g/mol. The number of nitrogens with zero attached hydrogens (tertiary/aromatic N) is 1. The molecule has 0 saturated heterocycles. The fourth-order valence-electron chi connectivity index (χ4n) is 2.20. The van der Waals surface area contributed by atoms with Crippen molar-refractivity contribution in [3.63, 3.8) is 0 Å². The molecule has 1 atom stereocenters. The summed E-state index contributed by atoms with van der Waals surface area (Å²) in [7, 11) is 1.46. The van der Waals surface area contributed by atoms with E-state index < -0.39 is 0 Å². The molecule has 0 aliphatic carbocycles. The minimum Gasteiger partial charge on any atom is -0.469 e. The van der Waals surface area contributed by atoms with E-state index >= 15 is 0 Å². The molecule has 0 amide bonds. The lowest BCUT2D eigenvalue weighted by Crippen LogP contribution is -2.17. The minimum absolute atomic E-state index is 0.0936. The zero-order valence-corrected chi connectivity index (χ0v) is 11.9. The van der Waals surface area contributed by atoms with E-state index in [0.717, 1.165) is 44.5 Å². The van der Waals surface area contributed by atoms with Crippen molar-refractivity contribution in [2.24, 2.45) is 5.92 Å². The Hall–Kier alpha value is -1.36. The standard InChI is InChI=1S/C14H25N3O2/c1-3-5-12(8-14(18)19-2)6-4-7-15-9-13-10-16-11-17-13/h10-12,15H,3-9H2,1-2H3,(H,16,17). The first-order valence-corrected chi connectivity index (χ1v) is 7.01. The summed E-state index contributed by atoms with van der Waals surface area (Å²) in [6.45, 7) is 3.93. The van der Waals surface area contributed by atoms with Gasteiger partial charge in [-0.25, -0.2) is 4.98 Å². The first kappa shape index (κ1) is 15.7. The predicted molar refractivity (Wildman–Crippen MR) is 74.6 cm³/mol. The number of rotatable bonds is 10. The predicted octanol–water partition coefficient (Wildman–Crippen LogP) is 2.26. The number of ether oxygens (including phenoxy) is 1. The Balaban J connectivity index is 2.11. The first-order chi connectivity index (χ1) is 9.26. The van der Waals surface area contributed by atoms with Gasteiger partial charge in [0.05, 0.1) is 13.4 Å². The molecule has 19 heavy (non-hydrogen) atoms. The molecule has 0 aliphatic heterocycles. The third-order valence-corrected chi connectivity index (χ3v) is 3.22. The van der Waals surface area contributed by atoms with Crippen LogP contribution in [0.4, 0.5) is 0 Å². The normalized spacial score (nSPS) is 12.3. The maximum atomic E-state index is 11.3. The summed E-state index contributed by atoms with van der Waals surface area (Å²) in [5.74, 6) is 0.357. The van der Waals surface area contributed by atoms with Crippen LogP contribution in [0.5, 0.6) is 0 Å². The van der Waals surface area contributed by atoms with Gasteiger partial charge in [0.1, 0.15) is 0 Å². The monoisotopic (exact) mass is 267 g/mol. The summed E-state index contributed by atoms with van der Waals surface area (Å²) in [5.41, 5.74) is 1.10. The van der Waals surface area contributed by atoms with Gasteiger partial charge in [-0.2, -0.15) is 0 Å². The maximum Gasteiger partial charge on any atom is 0.305 e. The fourth-order valence-corrected chi connectivity index (χ4v) is 2.20. The number of nitrogens with one attached hydrogen (secondary N) is 2. The first-order valence-electron chi connectivity index (χ1n) is 7.01. The number of carbonyl (C=O) groups excluding carboxylic acids is 1. The summed E-state index contributed by atoms with van der Waals surface area (Å²) in [4.78, 5) is 18.3. The van der Waals surface area contributed by atoms with Gasteiger partial charge in [-0.05, 0) is 25.3 Å². The third kappa shape index (κ3) is 6.96. The maximum absolute atomic E-state index is 11.3. The molecule has 1 unspecified atom stereocenters. The number of hydrogen-bond donors (Lipinski definition) is 2. The van der Waals surface area contributed by atoms with E-state index in [1.165, 1.54) is 7.11 Å². The second-order valence-corrected chi connectivity index (χ2v) is 4.83. The molecule has 5 heteroatoms. The van der Waals surface area contributed by atoms with Gasteiger partial charge in [-0.1, -0.05) is 19.8 Å². The zero-order chi connectivity index (χ0) is 13.9. The van der Waals surface area contributed by atoms with Crippen LogP contribution >= 0.6 is 0 Å². The molecule has 0 radical (unpaired) electrons. The molecule has 1 heterocycles. The van der Waals surface area contributed by atoms with Crippen LogP contribution in [0.25, 0.3) is 0 Å². The Morgan fingerprint density at radius 3 is 3.00 bits per heavy atom. The van der Waals surface area contributed by atoms with Gasteiger partial charge in [0.2, 0.25) is 0 Å². The van der Waals surface area contributed by atoms with Crippen LogP contribution in [0.1, 0.15) is 44.7 Å². The Labute approximate surface area is 115 Å². The quantitative estimate of drug-likeness (QED) is 0.504. The van der Waals surface area contributed by atoms with Gasteiger partial charge in [0.25, 0.3) is 0 Å². The molecule has 0 bridgehead atoms. The number of carbonyl (C=O) groups is 1. The highest BCUT2D eigenvalue weighted by molar-refractivity contribution is 5.69. The smallest absolute Gasteiger partial charge is 0.305 e. The number of esters is 1. The molecule has 108 valence electrons. The highest BCUT2D eigenvalue weighted by Crippen LogP contribution is 2.17. The van der Waals surface area contributed by atoms with E-state index in [2.05, 4.69) is 22.2 Å². The van der Waals surface area contributed by atoms with Crippen molar-refractivity contribution in [1.82, 2.24) is 15.3 Å². The van der Waals surface area contributed by atoms with Crippen LogP contribution in [-0.4, -0.2) is 29.6 Å². The van der Waals surface area contributed by atoms with E-state index in [0.29, 0.717) is 12.3 Å². The second kappa shape index (κ2) is 9.55. The highest BCUT2D eigenvalue weighted by Gasteiger charge is 2.12. The van der Waals surface area contributed by atoms with Crippen molar-refractivity contribution in [2.45, 2.75) is 45.6 Å². The SMILES string of the molecule is CCCC(CCCNCc1cnc[nH]1)CC(=O)OC. The van der Waals surface area contributed by atoms with E-state index in [4.69, 9.17) is 4.74 Å². The van der Waals surface area contributed by atoms with Crippen LogP contribution in [0.2, 0.25) is 0 Å².